The summed E-state index contributed by atoms with van der Waals surface area (Å²) in [4.78, 5) is 12.3. The van der Waals surface area contributed by atoms with E-state index in [2.05, 4.69) is 0 Å². The standard InChI is InChI=1S/C17H14O3/c1-16-11-12-7-5-6-10-14(12)17(20-16,19-15(16)18)13-8-3-2-4-9-13/h2-10H,11H2,1H3/t16-,17+/m0/s1. The van der Waals surface area contributed by atoms with E-state index >= 15 is 0 Å². The number of fused-ring (bicyclic) bond motifs is 4. The second-order valence-corrected chi connectivity index (χ2v) is 5.54. The van der Waals surface area contributed by atoms with Crippen molar-refractivity contribution in [1.82, 2.24) is 0 Å². The molecule has 0 radical (unpaired) electrons. The highest BCUT2D eigenvalue weighted by Gasteiger charge is 2.61. The molecule has 2 aromatic rings. The Kier molecular flexibility index (Phi) is 2.16. The number of carbonyl (C=O) groups excluding carboxylic acids is 1. The van der Waals surface area contributed by atoms with Crippen LogP contribution in [0.2, 0.25) is 0 Å². The van der Waals surface area contributed by atoms with Crippen LogP contribution >= 0.6 is 0 Å². The Hall–Kier alpha value is -2.13. The van der Waals surface area contributed by atoms with E-state index in [-0.39, 0.29) is 5.97 Å². The number of hydrogen-bond acceptors (Lipinski definition) is 3. The van der Waals surface area contributed by atoms with Crippen LogP contribution in [-0.4, -0.2) is 11.6 Å². The van der Waals surface area contributed by atoms with Gasteiger partial charge in [0.1, 0.15) is 0 Å². The molecule has 2 aliphatic rings. The number of ether oxygens (including phenoxy) is 2. The number of rotatable bonds is 1. The van der Waals surface area contributed by atoms with Crippen molar-refractivity contribution in [2.24, 2.45) is 0 Å². The van der Waals surface area contributed by atoms with E-state index in [1.807, 2.05) is 54.6 Å². The Morgan fingerprint density at radius 2 is 1.70 bits per heavy atom. The largest absolute Gasteiger partial charge is 0.422 e. The van der Waals surface area contributed by atoms with Gasteiger partial charge in [0.05, 0.1) is 0 Å². The highest BCUT2D eigenvalue weighted by Crippen LogP contribution is 2.51. The van der Waals surface area contributed by atoms with Gasteiger partial charge in [-0.05, 0) is 12.5 Å². The molecule has 3 nitrogen and oxygen atoms in total. The van der Waals surface area contributed by atoms with Gasteiger partial charge >= 0.3 is 5.97 Å². The molecule has 0 aliphatic carbocycles. The summed E-state index contributed by atoms with van der Waals surface area (Å²) in [5.41, 5.74) is 1.99. The number of esters is 1. The minimum absolute atomic E-state index is 0.294. The normalized spacial score (nSPS) is 30.8. The van der Waals surface area contributed by atoms with E-state index in [1.165, 1.54) is 0 Å². The zero-order chi connectivity index (χ0) is 13.8. The lowest BCUT2D eigenvalue weighted by atomic mass is 9.85. The fourth-order valence-corrected chi connectivity index (χ4v) is 3.13. The fourth-order valence-electron chi connectivity index (χ4n) is 3.13. The van der Waals surface area contributed by atoms with Gasteiger partial charge in [-0.15, -0.1) is 0 Å². The smallest absolute Gasteiger partial charge is 0.341 e. The predicted octanol–water partition coefficient (Wildman–Crippen LogP) is 2.78. The molecule has 0 aromatic heterocycles. The van der Waals surface area contributed by atoms with Crippen LogP contribution in [0, 0.1) is 0 Å². The molecular formula is C17H14O3. The third-order valence-corrected chi connectivity index (χ3v) is 4.09. The minimum Gasteiger partial charge on any atom is -0.422 e. The zero-order valence-corrected chi connectivity index (χ0v) is 11.1. The van der Waals surface area contributed by atoms with Gasteiger partial charge in [-0.1, -0.05) is 54.6 Å². The highest BCUT2D eigenvalue weighted by atomic mass is 16.8. The maximum absolute atomic E-state index is 12.3. The van der Waals surface area contributed by atoms with Crippen LogP contribution in [0.5, 0.6) is 0 Å². The lowest BCUT2D eigenvalue weighted by Crippen LogP contribution is -2.42. The highest BCUT2D eigenvalue weighted by molar-refractivity contribution is 5.83. The second kappa shape index (κ2) is 3.70. The zero-order valence-electron chi connectivity index (χ0n) is 11.1. The van der Waals surface area contributed by atoms with Crippen molar-refractivity contribution in [2.75, 3.05) is 0 Å². The summed E-state index contributed by atoms with van der Waals surface area (Å²) in [5, 5.41) is 0. The van der Waals surface area contributed by atoms with Crippen molar-refractivity contribution < 1.29 is 14.3 Å². The van der Waals surface area contributed by atoms with Crippen molar-refractivity contribution in [1.29, 1.82) is 0 Å². The summed E-state index contributed by atoms with van der Waals surface area (Å²) in [7, 11) is 0. The summed E-state index contributed by atoms with van der Waals surface area (Å²) in [5.74, 6) is -1.39. The molecular weight excluding hydrogens is 252 g/mol. The lowest BCUT2D eigenvalue weighted by molar-refractivity contribution is -0.173. The summed E-state index contributed by atoms with van der Waals surface area (Å²) in [6.45, 7) is 1.80. The molecule has 0 unspecified atom stereocenters. The van der Waals surface area contributed by atoms with E-state index in [0.29, 0.717) is 6.42 Å². The summed E-state index contributed by atoms with van der Waals surface area (Å²) < 4.78 is 11.9. The van der Waals surface area contributed by atoms with Crippen molar-refractivity contribution in [2.45, 2.75) is 24.7 Å². The first-order chi connectivity index (χ1) is 9.64. The second-order valence-electron chi connectivity index (χ2n) is 5.54. The first-order valence-corrected chi connectivity index (χ1v) is 6.72. The van der Waals surface area contributed by atoms with Gasteiger partial charge in [0, 0.05) is 17.5 Å². The molecule has 0 amide bonds. The molecule has 2 aromatic carbocycles. The first-order valence-electron chi connectivity index (χ1n) is 6.72. The van der Waals surface area contributed by atoms with Crippen LogP contribution in [-0.2, 0) is 26.5 Å². The Labute approximate surface area is 117 Å². The monoisotopic (exact) mass is 266 g/mol. The fraction of sp³-hybridized carbons (Fsp3) is 0.235. The van der Waals surface area contributed by atoms with Crippen molar-refractivity contribution in [3.63, 3.8) is 0 Å². The van der Waals surface area contributed by atoms with Crippen LogP contribution < -0.4 is 0 Å². The van der Waals surface area contributed by atoms with Gasteiger partial charge in [0.25, 0.3) is 5.79 Å². The van der Waals surface area contributed by atoms with Crippen molar-refractivity contribution in [3.8, 4) is 0 Å². The molecule has 20 heavy (non-hydrogen) atoms. The average molecular weight is 266 g/mol. The molecule has 1 fully saturated rings. The number of benzene rings is 2. The topological polar surface area (TPSA) is 35.5 Å². The third kappa shape index (κ3) is 1.36. The molecule has 0 N–H and O–H groups in total. The van der Waals surface area contributed by atoms with Gasteiger partial charge in [0.15, 0.2) is 5.60 Å². The Balaban J connectivity index is 2.01. The Morgan fingerprint density at radius 3 is 2.50 bits per heavy atom. The van der Waals surface area contributed by atoms with Crippen molar-refractivity contribution >= 4 is 5.97 Å². The van der Waals surface area contributed by atoms with Crippen LogP contribution in [0.3, 0.4) is 0 Å². The molecule has 0 spiro atoms. The van der Waals surface area contributed by atoms with Crippen LogP contribution in [0.25, 0.3) is 0 Å². The Bertz CT molecular complexity index is 694. The summed E-state index contributed by atoms with van der Waals surface area (Å²) in [6, 6.07) is 17.6. The van der Waals surface area contributed by atoms with Crippen LogP contribution in [0.1, 0.15) is 23.6 Å². The van der Waals surface area contributed by atoms with E-state index in [4.69, 9.17) is 9.47 Å². The minimum atomic E-state index is -1.10. The Morgan fingerprint density at radius 1 is 1.00 bits per heavy atom. The molecule has 100 valence electrons. The molecule has 2 heterocycles. The molecule has 3 heteroatoms. The molecule has 2 bridgehead atoms. The summed E-state index contributed by atoms with van der Waals surface area (Å²) >= 11 is 0. The average Bonchev–Trinajstić information content (AvgIpc) is 2.69. The quantitative estimate of drug-likeness (QED) is 0.744. The van der Waals surface area contributed by atoms with Crippen LogP contribution in [0.4, 0.5) is 0 Å². The molecule has 1 saturated heterocycles. The lowest BCUT2D eigenvalue weighted by Gasteiger charge is -2.35. The molecule has 0 saturated carbocycles. The third-order valence-electron chi connectivity index (χ3n) is 4.09. The van der Waals surface area contributed by atoms with Crippen LogP contribution in [0.15, 0.2) is 54.6 Å². The molecule has 4 rings (SSSR count). The maximum Gasteiger partial charge on any atom is 0.341 e. The van der Waals surface area contributed by atoms with E-state index in [1.54, 1.807) is 6.92 Å². The van der Waals surface area contributed by atoms with Gasteiger partial charge in [0.2, 0.25) is 0 Å². The van der Waals surface area contributed by atoms with Crippen molar-refractivity contribution in [3.05, 3.63) is 71.3 Å². The maximum atomic E-state index is 12.3. The van der Waals surface area contributed by atoms with Gasteiger partial charge in [-0.25, -0.2) is 4.79 Å². The molecule has 2 aliphatic heterocycles. The van der Waals surface area contributed by atoms with E-state index in [0.717, 1.165) is 16.7 Å². The van der Waals surface area contributed by atoms with E-state index in [9.17, 15) is 4.79 Å². The van der Waals surface area contributed by atoms with Gasteiger partial charge in [-0.3, -0.25) is 0 Å². The number of hydrogen-bond donors (Lipinski definition) is 0. The SMILES string of the molecule is C[C@]12Cc3ccccc3[C@](c3ccccc3)(OC1=O)O2. The van der Waals surface area contributed by atoms with Gasteiger partial charge < -0.3 is 9.47 Å². The summed E-state index contributed by atoms with van der Waals surface area (Å²) in [6.07, 6.45) is 0.552. The number of carbonyl (C=O) groups is 1. The van der Waals surface area contributed by atoms with Gasteiger partial charge in [-0.2, -0.15) is 0 Å². The van der Waals surface area contributed by atoms with E-state index < -0.39 is 11.4 Å². The molecule has 2 atom stereocenters. The predicted molar refractivity (Wildman–Crippen MR) is 73.0 cm³/mol. The first kappa shape index (κ1) is 11.7.